The SMILES string of the molecule is C=CCSCCNCc1ccc2c(c1)CCN2C. The van der Waals surface area contributed by atoms with Gasteiger partial charge in [0.2, 0.25) is 0 Å². The number of rotatable bonds is 7. The van der Waals surface area contributed by atoms with Gasteiger partial charge in [0, 0.05) is 43.9 Å². The van der Waals surface area contributed by atoms with Crippen LogP contribution in [0, 0.1) is 0 Å². The van der Waals surface area contributed by atoms with E-state index in [4.69, 9.17) is 0 Å². The summed E-state index contributed by atoms with van der Waals surface area (Å²) < 4.78 is 0. The zero-order valence-electron chi connectivity index (χ0n) is 11.1. The van der Waals surface area contributed by atoms with E-state index in [1.165, 1.54) is 23.2 Å². The Balaban J connectivity index is 1.75. The van der Waals surface area contributed by atoms with Gasteiger partial charge in [0.15, 0.2) is 0 Å². The summed E-state index contributed by atoms with van der Waals surface area (Å²) in [5, 5.41) is 3.49. The Bertz CT molecular complexity index is 403. The molecule has 1 aromatic rings. The van der Waals surface area contributed by atoms with Crippen molar-refractivity contribution in [3.05, 3.63) is 42.0 Å². The van der Waals surface area contributed by atoms with Crippen LogP contribution in [-0.2, 0) is 13.0 Å². The van der Waals surface area contributed by atoms with Gasteiger partial charge < -0.3 is 10.2 Å². The Hall–Kier alpha value is -0.930. The summed E-state index contributed by atoms with van der Waals surface area (Å²) in [4.78, 5) is 2.33. The van der Waals surface area contributed by atoms with Crippen LogP contribution >= 0.6 is 11.8 Å². The molecule has 98 valence electrons. The summed E-state index contributed by atoms with van der Waals surface area (Å²) in [5.41, 5.74) is 4.30. The third-order valence-corrected chi connectivity index (χ3v) is 4.22. The fraction of sp³-hybridized carbons (Fsp3) is 0.467. The maximum atomic E-state index is 3.72. The van der Waals surface area contributed by atoms with Gasteiger partial charge in [-0.25, -0.2) is 0 Å². The van der Waals surface area contributed by atoms with Gasteiger partial charge >= 0.3 is 0 Å². The highest BCUT2D eigenvalue weighted by Gasteiger charge is 2.15. The Morgan fingerprint density at radius 1 is 1.50 bits per heavy atom. The molecule has 0 saturated carbocycles. The predicted octanol–water partition coefficient (Wildman–Crippen LogP) is 2.69. The molecule has 0 bridgehead atoms. The van der Waals surface area contributed by atoms with Crippen LogP contribution in [0.3, 0.4) is 0 Å². The molecule has 1 aromatic carbocycles. The second-order valence-corrected chi connectivity index (χ2v) is 5.82. The molecular formula is C15H22N2S. The van der Waals surface area contributed by atoms with Crippen molar-refractivity contribution >= 4 is 17.4 Å². The summed E-state index contributed by atoms with van der Waals surface area (Å²) in [6.45, 7) is 6.92. The van der Waals surface area contributed by atoms with E-state index in [2.05, 4.69) is 42.0 Å². The lowest BCUT2D eigenvalue weighted by molar-refractivity contribution is 0.731. The van der Waals surface area contributed by atoms with Crippen LogP contribution in [0.2, 0.25) is 0 Å². The van der Waals surface area contributed by atoms with Crippen LogP contribution < -0.4 is 10.2 Å². The molecule has 0 radical (unpaired) electrons. The first-order valence-electron chi connectivity index (χ1n) is 6.53. The largest absolute Gasteiger partial charge is 0.374 e. The number of hydrogen-bond acceptors (Lipinski definition) is 3. The van der Waals surface area contributed by atoms with E-state index in [9.17, 15) is 0 Å². The van der Waals surface area contributed by atoms with Crippen molar-refractivity contribution in [2.24, 2.45) is 0 Å². The molecule has 2 nitrogen and oxygen atoms in total. The molecule has 1 N–H and O–H groups in total. The number of fused-ring (bicyclic) bond motifs is 1. The van der Waals surface area contributed by atoms with Crippen molar-refractivity contribution in [2.75, 3.05) is 36.5 Å². The molecule has 0 saturated heterocycles. The van der Waals surface area contributed by atoms with Crippen molar-refractivity contribution in [2.45, 2.75) is 13.0 Å². The van der Waals surface area contributed by atoms with Crippen molar-refractivity contribution in [1.29, 1.82) is 0 Å². The topological polar surface area (TPSA) is 15.3 Å². The van der Waals surface area contributed by atoms with E-state index in [0.717, 1.165) is 31.1 Å². The minimum Gasteiger partial charge on any atom is -0.374 e. The van der Waals surface area contributed by atoms with E-state index >= 15 is 0 Å². The third-order valence-electron chi connectivity index (χ3n) is 3.26. The molecule has 0 spiro atoms. The number of nitrogens with zero attached hydrogens (tertiary/aromatic N) is 1. The highest BCUT2D eigenvalue weighted by Crippen LogP contribution is 2.27. The maximum absolute atomic E-state index is 3.72. The van der Waals surface area contributed by atoms with E-state index in [1.54, 1.807) is 0 Å². The highest BCUT2D eigenvalue weighted by molar-refractivity contribution is 7.99. The first-order valence-corrected chi connectivity index (χ1v) is 7.69. The van der Waals surface area contributed by atoms with Gasteiger partial charge in [0.05, 0.1) is 0 Å². The Labute approximate surface area is 114 Å². The molecule has 0 aliphatic carbocycles. The fourth-order valence-corrected chi connectivity index (χ4v) is 2.90. The van der Waals surface area contributed by atoms with Crippen molar-refractivity contribution in [3.63, 3.8) is 0 Å². The zero-order valence-corrected chi connectivity index (χ0v) is 11.9. The Morgan fingerprint density at radius 2 is 2.39 bits per heavy atom. The smallest absolute Gasteiger partial charge is 0.0397 e. The van der Waals surface area contributed by atoms with Gasteiger partial charge in [-0.1, -0.05) is 18.2 Å². The van der Waals surface area contributed by atoms with Crippen molar-refractivity contribution < 1.29 is 0 Å². The number of thioether (sulfide) groups is 1. The second-order valence-electron chi connectivity index (χ2n) is 4.67. The fourth-order valence-electron chi connectivity index (χ4n) is 2.27. The molecule has 0 amide bonds. The lowest BCUT2D eigenvalue weighted by atomic mass is 10.1. The Morgan fingerprint density at radius 3 is 3.22 bits per heavy atom. The van der Waals surface area contributed by atoms with Crippen LogP contribution in [0.1, 0.15) is 11.1 Å². The molecule has 0 unspecified atom stereocenters. The minimum absolute atomic E-state index is 0.978. The van der Waals surface area contributed by atoms with Gasteiger partial charge in [-0.2, -0.15) is 11.8 Å². The molecule has 0 aromatic heterocycles. The number of benzene rings is 1. The van der Waals surface area contributed by atoms with Crippen LogP contribution in [0.4, 0.5) is 5.69 Å². The zero-order chi connectivity index (χ0) is 12.8. The Kier molecular flexibility index (Phi) is 5.14. The van der Waals surface area contributed by atoms with E-state index in [1.807, 2.05) is 17.8 Å². The molecule has 18 heavy (non-hydrogen) atoms. The molecule has 3 heteroatoms. The lowest BCUT2D eigenvalue weighted by Crippen LogP contribution is -2.16. The average Bonchev–Trinajstić information content (AvgIpc) is 2.75. The normalized spacial score (nSPS) is 13.7. The molecule has 1 heterocycles. The molecule has 2 rings (SSSR count). The van der Waals surface area contributed by atoms with Gasteiger partial charge in [-0.05, 0) is 23.6 Å². The van der Waals surface area contributed by atoms with Crippen LogP contribution in [0.5, 0.6) is 0 Å². The summed E-state index contributed by atoms with van der Waals surface area (Å²) in [5.74, 6) is 2.20. The van der Waals surface area contributed by atoms with Crippen molar-refractivity contribution in [1.82, 2.24) is 5.32 Å². The molecule has 0 fully saturated rings. The molecule has 1 aliphatic rings. The maximum Gasteiger partial charge on any atom is 0.0397 e. The first-order chi connectivity index (χ1) is 8.81. The summed E-state index contributed by atoms with van der Waals surface area (Å²) >= 11 is 1.92. The van der Waals surface area contributed by atoms with Crippen molar-refractivity contribution in [3.8, 4) is 0 Å². The van der Waals surface area contributed by atoms with Gasteiger partial charge in [0.1, 0.15) is 0 Å². The highest BCUT2D eigenvalue weighted by atomic mass is 32.2. The monoisotopic (exact) mass is 262 g/mol. The van der Waals surface area contributed by atoms with Gasteiger partial charge in [-0.15, -0.1) is 6.58 Å². The van der Waals surface area contributed by atoms with Crippen LogP contribution in [-0.4, -0.2) is 31.6 Å². The average molecular weight is 262 g/mol. The van der Waals surface area contributed by atoms with Crippen LogP contribution in [0.15, 0.2) is 30.9 Å². The number of hydrogen-bond donors (Lipinski definition) is 1. The van der Waals surface area contributed by atoms with E-state index < -0.39 is 0 Å². The van der Waals surface area contributed by atoms with Gasteiger partial charge in [0.25, 0.3) is 0 Å². The first kappa shape index (κ1) is 13.5. The van der Waals surface area contributed by atoms with E-state index in [-0.39, 0.29) is 0 Å². The predicted molar refractivity (Wildman–Crippen MR) is 82.6 cm³/mol. The standard InChI is InChI=1S/C15H22N2S/c1-3-9-18-10-7-16-12-13-4-5-15-14(11-13)6-8-17(15)2/h3-5,11,16H,1,6-10,12H2,2H3. The van der Waals surface area contributed by atoms with Gasteiger partial charge in [-0.3, -0.25) is 0 Å². The summed E-state index contributed by atoms with van der Waals surface area (Å²) in [6, 6.07) is 6.85. The lowest BCUT2D eigenvalue weighted by Gasteiger charge is -2.12. The summed E-state index contributed by atoms with van der Waals surface area (Å²) in [7, 11) is 2.17. The molecule has 1 aliphatic heterocycles. The van der Waals surface area contributed by atoms with E-state index in [0.29, 0.717) is 0 Å². The quantitative estimate of drug-likeness (QED) is 0.601. The molecule has 0 atom stereocenters. The second kappa shape index (κ2) is 6.86. The summed E-state index contributed by atoms with van der Waals surface area (Å²) in [6.07, 6.45) is 3.15. The third kappa shape index (κ3) is 3.53. The minimum atomic E-state index is 0.978. The molecular weight excluding hydrogens is 240 g/mol. The number of nitrogens with one attached hydrogen (secondary N) is 1. The van der Waals surface area contributed by atoms with Crippen LogP contribution in [0.25, 0.3) is 0 Å². The number of likely N-dealkylation sites (N-methyl/N-ethyl adjacent to an activating group) is 1. The number of anilines is 1.